The lowest BCUT2D eigenvalue weighted by atomic mass is 9.74. The lowest BCUT2D eigenvalue weighted by molar-refractivity contribution is -0.146. The summed E-state index contributed by atoms with van der Waals surface area (Å²) in [4.78, 5) is 60.5. The highest BCUT2D eigenvalue weighted by molar-refractivity contribution is 9.11. The molecule has 4 aliphatic heterocycles. The Morgan fingerprint density at radius 2 is 1.67 bits per heavy atom. The molecule has 2 fully saturated rings. The quantitative estimate of drug-likeness (QED) is 0.280. The van der Waals surface area contributed by atoms with Crippen LogP contribution in [0, 0.1) is 11.8 Å². The predicted octanol–water partition coefficient (Wildman–Crippen LogP) is 4.39. The van der Waals surface area contributed by atoms with E-state index in [1.807, 2.05) is 42.5 Å². The molecule has 2 N–H and O–H groups in total. The van der Waals surface area contributed by atoms with Crippen LogP contribution >= 0.6 is 15.9 Å². The molecular weight excluding hydrogens is 718 g/mol. The number of ether oxygens (including phenoxy) is 3. The molecule has 264 valence electrons. The Labute approximate surface area is 304 Å². The number of anilines is 1. The van der Waals surface area contributed by atoms with Crippen molar-refractivity contribution in [2.45, 2.75) is 42.7 Å². The van der Waals surface area contributed by atoms with Crippen molar-refractivity contribution < 1.29 is 38.5 Å². The van der Waals surface area contributed by atoms with Gasteiger partial charge in [0.2, 0.25) is 11.8 Å². The van der Waals surface area contributed by atoms with Gasteiger partial charge in [0.25, 0.3) is 5.91 Å². The van der Waals surface area contributed by atoms with Crippen molar-refractivity contribution in [3.05, 3.63) is 119 Å². The third kappa shape index (κ3) is 6.25. The fraction of sp³-hybridized carbons (Fsp3) is 0.333. The minimum Gasteiger partial charge on any atom is -0.497 e. The summed E-state index contributed by atoms with van der Waals surface area (Å²) >= 11 is 3.62. The number of allylic oxidation sites excluding steroid dienone is 1. The molecule has 4 aliphatic rings. The lowest BCUT2D eigenvalue weighted by Gasteiger charge is -2.38. The summed E-state index contributed by atoms with van der Waals surface area (Å²) in [6, 6.07) is 22.3. The molecule has 2 saturated heterocycles. The van der Waals surface area contributed by atoms with Gasteiger partial charge < -0.3 is 34.4 Å². The van der Waals surface area contributed by atoms with E-state index in [9.17, 15) is 19.5 Å². The first-order valence-corrected chi connectivity index (χ1v) is 17.7. The fourth-order valence-corrected chi connectivity index (χ4v) is 8.49. The van der Waals surface area contributed by atoms with Crippen molar-refractivity contribution in [3.63, 3.8) is 0 Å². The van der Waals surface area contributed by atoms with Crippen LogP contribution in [0.2, 0.25) is 0 Å². The Morgan fingerprint density at radius 3 is 2.35 bits per heavy atom. The first-order chi connectivity index (χ1) is 24.8. The number of nitrogens with zero attached hydrogens (tertiary/aromatic N) is 2. The van der Waals surface area contributed by atoms with E-state index < -0.39 is 72.0 Å². The van der Waals surface area contributed by atoms with Crippen LogP contribution in [0.25, 0.3) is 0 Å². The number of fused-ring (bicyclic) bond motifs is 2. The normalized spacial score (nSPS) is 29.2. The number of hydrogen-bond acceptors (Lipinski definition) is 8. The number of benzene rings is 3. The van der Waals surface area contributed by atoms with Gasteiger partial charge >= 0.3 is 5.97 Å². The van der Waals surface area contributed by atoms with Crippen LogP contribution in [-0.2, 0) is 28.7 Å². The molecule has 3 aromatic rings. The zero-order valence-corrected chi connectivity index (χ0v) is 29.5. The van der Waals surface area contributed by atoms with Crippen LogP contribution < -0.4 is 15.0 Å². The number of nitrogens with one attached hydrogen (secondary N) is 1. The van der Waals surface area contributed by atoms with E-state index in [0.29, 0.717) is 27.9 Å². The molecule has 4 heterocycles. The molecular formula is C39H38BrN3O8. The van der Waals surface area contributed by atoms with Gasteiger partial charge in [-0.1, -0.05) is 88.7 Å². The number of hydrogen-bond donors (Lipinski definition) is 2. The highest BCUT2D eigenvalue weighted by atomic mass is 79.9. The van der Waals surface area contributed by atoms with E-state index in [0.717, 1.165) is 5.56 Å². The number of esters is 1. The largest absolute Gasteiger partial charge is 0.497 e. The molecule has 7 atom stereocenters. The number of methoxy groups -OCH3 is 1. The average molecular weight is 757 g/mol. The van der Waals surface area contributed by atoms with E-state index >= 15 is 4.79 Å². The molecule has 0 aliphatic carbocycles. The first-order valence-electron chi connectivity index (χ1n) is 16.9. The minimum absolute atomic E-state index is 0.100. The van der Waals surface area contributed by atoms with Crippen LogP contribution in [0.5, 0.6) is 5.75 Å². The highest BCUT2D eigenvalue weighted by Crippen LogP contribution is 2.60. The maximum atomic E-state index is 15.2. The summed E-state index contributed by atoms with van der Waals surface area (Å²) in [7, 11) is 1.55. The predicted molar refractivity (Wildman–Crippen MR) is 191 cm³/mol. The van der Waals surface area contributed by atoms with E-state index in [4.69, 9.17) is 14.2 Å². The number of likely N-dealkylation sites (tertiary alicyclic amines) is 1. The van der Waals surface area contributed by atoms with Crippen LogP contribution in [-0.4, -0.2) is 78.3 Å². The van der Waals surface area contributed by atoms with Crippen molar-refractivity contribution in [1.82, 2.24) is 10.2 Å². The Hall–Kier alpha value is -4.78. The molecule has 0 saturated carbocycles. The summed E-state index contributed by atoms with van der Waals surface area (Å²) in [5, 5.41) is 13.9. The maximum absolute atomic E-state index is 15.2. The molecule has 7 rings (SSSR count). The third-order valence-electron chi connectivity index (χ3n) is 10.1. The number of cyclic esters (lactones) is 1. The zero-order chi connectivity index (χ0) is 35.7. The van der Waals surface area contributed by atoms with Gasteiger partial charge in [0.1, 0.15) is 30.1 Å². The molecule has 1 spiro atoms. The second kappa shape index (κ2) is 14.5. The van der Waals surface area contributed by atoms with Gasteiger partial charge in [-0.2, -0.15) is 0 Å². The summed E-state index contributed by atoms with van der Waals surface area (Å²) < 4.78 is 18.3. The van der Waals surface area contributed by atoms with Gasteiger partial charge in [-0.05, 0) is 47.9 Å². The molecule has 0 unspecified atom stereocenters. The topological polar surface area (TPSA) is 135 Å². The zero-order valence-electron chi connectivity index (χ0n) is 27.9. The van der Waals surface area contributed by atoms with Crippen molar-refractivity contribution in [2.75, 3.05) is 31.8 Å². The van der Waals surface area contributed by atoms with E-state index in [-0.39, 0.29) is 19.6 Å². The summed E-state index contributed by atoms with van der Waals surface area (Å²) in [6.07, 6.45) is 4.96. The second-order valence-corrected chi connectivity index (χ2v) is 13.9. The summed E-state index contributed by atoms with van der Waals surface area (Å²) in [5.41, 5.74) is 0.340. The van der Waals surface area contributed by atoms with Gasteiger partial charge in [0.05, 0.1) is 37.6 Å². The molecule has 3 amide bonds. The number of carbonyl (C=O) groups excluding carboxylic acids is 4. The molecule has 0 radical (unpaired) electrons. The Morgan fingerprint density at radius 1 is 0.961 bits per heavy atom. The van der Waals surface area contributed by atoms with Crippen molar-refractivity contribution in [2.24, 2.45) is 11.8 Å². The highest BCUT2D eigenvalue weighted by Gasteiger charge is 2.75. The molecule has 12 heteroatoms. The number of aliphatic hydroxyl groups is 1. The summed E-state index contributed by atoms with van der Waals surface area (Å²) in [5.74, 6) is -3.41. The Bertz CT molecular complexity index is 1850. The monoisotopic (exact) mass is 755 g/mol. The number of amides is 3. The number of halogens is 1. The van der Waals surface area contributed by atoms with Gasteiger partial charge in [-0.25, -0.2) is 0 Å². The Kier molecular flexibility index (Phi) is 9.82. The molecule has 51 heavy (non-hydrogen) atoms. The molecule has 3 aromatic carbocycles. The van der Waals surface area contributed by atoms with Crippen LogP contribution in [0.15, 0.2) is 108 Å². The maximum Gasteiger partial charge on any atom is 0.306 e. The van der Waals surface area contributed by atoms with Gasteiger partial charge in [0.15, 0.2) is 0 Å². The van der Waals surface area contributed by atoms with E-state index in [1.54, 1.807) is 72.7 Å². The standard InChI is InChI=1S/C39H38BrN3O8/c1-49-27-18-16-26(17-19-27)42-20-10-4-9-15-31(45)50-23-29(24-11-5-2-6-12-24)41-36(46)32-33-37(47)43(30(22-44)25-13-7-3-8-14-25)35(38(42)48)39(33)21-28(40)34(32)51-39/h2-8,10-14,16-19,21,29-30,32-35,44H,9,15,20,22-23H2,1H3,(H,41,46)/b10-4-/t29-,30-,32-,33+,34-,35-,39+/m1/s1. The average Bonchev–Trinajstić information content (AvgIpc) is 3.75. The molecule has 11 nitrogen and oxygen atoms in total. The van der Waals surface area contributed by atoms with Crippen molar-refractivity contribution in [1.29, 1.82) is 0 Å². The van der Waals surface area contributed by atoms with Crippen molar-refractivity contribution in [3.8, 4) is 5.75 Å². The van der Waals surface area contributed by atoms with Crippen LogP contribution in [0.1, 0.15) is 36.1 Å². The number of aliphatic hydroxyl groups excluding tert-OH is 1. The van der Waals surface area contributed by atoms with E-state index in [2.05, 4.69) is 21.2 Å². The van der Waals surface area contributed by atoms with Crippen molar-refractivity contribution >= 4 is 45.3 Å². The second-order valence-electron chi connectivity index (χ2n) is 13.0. The van der Waals surface area contributed by atoms with Gasteiger partial charge in [-0.3, -0.25) is 19.2 Å². The number of rotatable bonds is 6. The lowest BCUT2D eigenvalue weighted by Crippen LogP contribution is -2.57. The van der Waals surface area contributed by atoms with E-state index in [1.165, 1.54) is 4.90 Å². The van der Waals surface area contributed by atoms with Crippen LogP contribution in [0.4, 0.5) is 5.69 Å². The fourth-order valence-electron chi connectivity index (χ4n) is 7.75. The van der Waals surface area contributed by atoms with Crippen LogP contribution in [0.3, 0.4) is 0 Å². The van der Waals surface area contributed by atoms with Gasteiger partial charge in [0, 0.05) is 23.1 Å². The molecule has 0 aromatic heterocycles. The SMILES string of the molecule is COc1ccc(N2C/C=C\CCC(=O)OC[C@H](c3ccccc3)NC(=O)[C@H]3[C@@H]4O[C@@]5(C=C4Br)[C@@H]3C(=O)N([C@H](CO)c3ccccc3)[C@@H]5C2=O)cc1. The minimum atomic E-state index is -1.54. The summed E-state index contributed by atoms with van der Waals surface area (Å²) in [6.45, 7) is -0.489. The molecule has 5 bridgehead atoms. The third-order valence-corrected chi connectivity index (χ3v) is 10.8. The smallest absolute Gasteiger partial charge is 0.306 e. The Balaban J connectivity index is 1.37. The first kappa shape index (κ1) is 34.7. The number of carbonyl (C=O) groups is 4. The van der Waals surface area contributed by atoms with Gasteiger partial charge in [-0.15, -0.1) is 0 Å².